The number of para-hydroxylation sites is 2. The Morgan fingerprint density at radius 1 is 0.570 bits per heavy atom. The fourth-order valence-electron chi connectivity index (χ4n) is 16.1. The van der Waals surface area contributed by atoms with Gasteiger partial charge in [-0.3, -0.25) is 53.5 Å². The molecule has 49 nitrogen and oxygen atoms in total. The minimum atomic E-state index is -1.34. The number of aliphatic hydroxyl groups is 11. The van der Waals surface area contributed by atoms with Gasteiger partial charge in [0.05, 0.1) is 89.6 Å². The van der Waals surface area contributed by atoms with Crippen LogP contribution in [0.15, 0.2) is 198 Å². The molecule has 51 heteroatoms. The van der Waals surface area contributed by atoms with E-state index in [0.29, 0.717) is 74.8 Å². The zero-order valence-corrected chi connectivity index (χ0v) is 78.8. The van der Waals surface area contributed by atoms with Gasteiger partial charge in [-0.2, -0.15) is 24.9 Å². The van der Waals surface area contributed by atoms with Gasteiger partial charge in [-0.15, -0.1) is 6.58 Å². The van der Waals surface area contributed by atoms with E-state index in [-0.39, 0.29) is 107 Å². The predicted molar refractivity (Wildman–Crippen MR) is 538 cm³/mol. The molecule has 0 unspecified atom stereocenters. The summed E-state index contributed by atoms with van der Waals surface area (Å²) in [5, 5.41) is 109. The number of thioether (sulfide) groups is 1. The average molecular weight is 2040 g/mol. The second-order valence-electron chi connectivity index (χ2n) is 33.6. The number of halogens is 1. The molecule has 0 spiro atoms. The van der Waals surface area contributed by atoms with E-state index in [2.05, 4.69) is 135 Å². The van der Waals surface area contributed by atoms with E-state index in [4.69, 9.17) is 74.4 Å². The summed E-state index contributed by atoms with van der Waals surface area (Å²) in [4.78, 5) is 118. The van der Waals surface area contributed by atoms with E-state index in [9.17, 15) is 64.8 Å². The standard InChI is InChI=1S/C15H17N5O3.C15H18N4O.C14H19N5O5.C14H16N4.C11H14N4O5S.C11H14N4O5.C10H8BrN3O.CH4/c16-12-11-13(19-14(18-12)23-8-4-7-21)20(15(22)17-11)9-10-5-2-1-3-6-10;1-9-17-12-13(19(9)8-15(2,3)20)10-6-4-5-7-11(10)18-14(12)16;1-3-4-18-6(2)19(11-8(18)12(23)17-14(15)16-11)13-10(22)9(21)7(5-20)24-13;1-9(2)7-18-8-16-12-13(18)10-5-3-4-6-11(10)17-14(12)15;1-3-15(10-6(18)5(17)4(2-16)20-10)8-7(21-3)9(19)14-11(12)13-8;12-11-13-8-4(9(19)14-11)1-2-15(8)10-7(18)6(17)5(3-16)20-10;11-7-8(6-4-2-1-3-5-6)13-10(12)14-9(7)15;/h1-3,5-6,21H,4,7-9H2,(H,17,22)(H2,16,18,19);4-7,20H,8H2,1-3H3,(H2,16,18);3,7,9-10,13,20-22H,1-2,4-5H2,(H3,15,16,17,23);3-6,8-9H,7H2,1-2H3,(H2,15,17);4-6,10,16-18H,1-2H2,(H3,12,13,14,19);1-2,5-7,10,16-18H,3H2,(H3,12,13,14,19);1-5H,(H3,12,13,14,15);1H4/t;;7-,9-,10-,13-;;4-,5-,6-,10-;5-,6-,7-,10-;;/m..1.11../s1. The molecule has 12 atom stereocenters. The maximum atomic E-state index is 12.3. The van der Waals surface area contributed by atoms with E-state index < -0.39 is 116 Å². The number of ether oxygens (including phenoxy) is 4. The first-order chi connectivity index (χ1) is 67.3. The molecule has 20 rings (SSSR count). The Labute approximate surface area is 818 Å². The summed E-state index contributed by atoms with van der Waals surface area (Å²) in [6.07, 6.45) is -8.04. The number of nitrogens with two attached hydrogens (primary N) is 7. The molecule has 11 aromatic heterocycles. The fourth-order valence-corrected chi connectivity index (χ4v) is 17.4. The molecular formula is C91H110BrN29O20S. The van der Waals surface area contributed by atoms with Crippen molar-refractivity contribution < 1.29 is 75.1 Å². The third-order valence-electron chi connectivity index (χ3n) is 22.5. The lowest BCUT2D eigenvalue weighted by atomic mass is 10.1. The number of nitrogens with one attached hydrogen (secondary N) is 5. The third-order valence-corrected chi connectivity index (χ3v) is 24.2. The summed E-state index contributed by atoms with van der Waals surface area (Å²) in [7, 11) is 0. The average Bonchev–Trinajstić information content (AvgIpc) is 1.61. The number of hydrogen-bond acceptors (Lipinski definition) is 41. The molecular weight excluding hydrogens is 1930 g/mol. The minimum absolute atomic E-state index is 0. The van der Waals surface area contributed by atoms with Crippen molar-refractivity contribution in [3.63, 3.8) is 0 Å². The van der Waals surface area contributed by atoms with Gasteiger partial charge >= 0.3 is 11.7 Å². The fraction of sp³-hybridized carbons (Fsp3) is 0.330. The van der Waals surface area contributed by atoms with Crippen molar-refractivity contribution >= 4 is 152 Å². The Balaban J connectivity index is 0.000000140. The molecule has 15 aromatic rings. The van der Waals surface area contributed by atoms with Crippen molar-refractivity contribution in [2.75, 3.05) is 94.4 Å². The summed E-state index contributed by atoms with van der Waals surface area (Å²) in [6, 6.07) is 36.4. The van der Waals surface area contributed by atoms with E-state index in [1.807, 2.05) is 121 Å². The first kappa shape index (κ1) is 105. The van der Waals surface area contributed by atoms with Crippen LogP contribution in [0.3, 0.4) is 0 Å². The Morgan fingerprint density at radius 2 is 1.10 bits per heavy atom. The van der Waals surface area contributed by atoms with Crippen molar-refractivity contribution in [3.8, 4) is 17.3 Å². The van der Waals surface area contributed by atoms with Gasteiger partial charge in [0.1, 0.15) is 92.5 Å². The zero-order valence-electron chi connectivity index (χ0n) is 76.4. The summed E-state index contributed by atoms with van der Waals surface area (Å²) in [5.74, 6) is 3.01. The van der Waals surface area contributed by atoms with Crippen molar-refractivity contribution in [2.45, 2.75) is 152 Å². The quantitative estimate of drug-likeness (QED) is 0.0407. The summed E-state index contributed by atoms with van der Waals surface area (Å²) in [5.41, 5.74) is 46.2. The number of aryl methyl sites for hydroxylation is 1. The van der Waals surface area contributed by atoms with Gasteiger partial charge in [-0.25, -0.2) is 29.7 Å². The predicted octanol–water partition coefficient (Wildman–Crippen LogP) is 2.17. The maximum absolute atomic E-state index is 12.3. The highest BCUT2D eigenvalue weighted by Gasteiger charge is 2.52. The van der Waals surface area contributed by atoms with Crippen LogP contribution in [-0.4, -0.2) is 262 Å². The number of rotatable bonds is 19. The van der Waals surface area contributed by atoms with Crippen LogP contribution in [0.2, 0.25) is 0 Å². The number of H-pyrrole nitrogens is 5. The molecule has 5 aliphatic rings. The Kier molecular flexibility index (Phi) is 32.8. The number of anilines is 10. The van der Waals surface area contributed by atoms with Crippen molar-refractivity contribution in [1.29, 1.82) is 0 Å². The van der Waals surface area contributed by atoms with Gasteiger partial charge in [0.15, 0.2) is 64.8 Å². The largest absolute Gasteiger partial charge is 0.463 e. The van der Waals surface area contributed by atoms with Crippen LogP contribution in [0.25, 0.3) is 77.3 Å². The van der Waals surface area contributed by atoms with E-state index in [1.54, 1.807) is 24.8 Å². The van der Waals surface area contributed by atoms with Crippen molar-refractivity contribution in [3.05, 3.63) is 232 Å². The molecule has 0 saturated carbocycles. The second-order valence-corrected chi connectivity index (χ2v) is 35.5. The number of nitrogens with zero attached hydrogens (tertiary/aromatic N) is 17. The number of aromatic amines is 5. The number of imidazole rings is 3. The monoisotopic (exact) mass is 2040 g/mol. The molecule has 0 aliphatic carbocycles. The van der Waals surface area contributed by atoms with Gasteiger partial charge in [0, 0.05) is 48.6 Å². The van der Waals surface area contributed by atoms with Crippen LogP contribution < -0.4 is 87.5 Å². The number of fused-ring (bicyclic) bond motifs is 10. The topological polar surface area (TPSA) is 764 Å². The molecule has 3 saturated heterocycles. The number of pyridine rings is 2. The Bertz CT molecular complexity index is 7420. The van der Waals surface area contributed by atoms with Gasteiger partial charge in [0.2, 0.25) is 23.8 Å². The van der Waals surface area contributed by atoms with Gasteiger partial charge in [-0.1, -0.05) is 149 Å². The normalized spacial score (nSPS) is 20.0. The van der Waals surface area contributed by atoms with Crippen molar-refractivity contribution in [1.82, 2.24) is 93.0 Å². The number of aliphatic hydroxyl groups excluding tert-OH is 10. The number of nitrogen functional groups attached to an aromatic ring is 7. The van der Waals surface area contributed by atoms with Crippen LogP contribution in [-0.2, 0) is 33.8 Å². The molecule has 0 radical (unpaired) electrons. The maximum Gasteiger partial charge on any atom is 0.328 e. The van der Waals surface area contributed by atoms with Crippen LogP contribution in [0.5, 0.6) is 6.01 Å². The molecule has 30 N–H and O–H groups in total. The SMILES string of the molecule is C.C=C1Sc2c(nc(N)[nH]c2=O)N1[C@@H]1O[C@H](CO)[C@@H](O)[C@H]1O.C=CCN1C(=C)N([C@@H]2O[C@H](CO)[C@@H](O)[C@H]2O)c2nc(N)[nH]c(=O)c21.CC(C)Cn1cnc2c(N)nc3ccccc3c21.Cc1nc2c(N)nc3ccccc3c2n1CC(C)(C)O.Nc1nc(-c2ccccc2)c(Br)c(=O)[nH]1.Nc1nc(OCCCO)nc2c1[nH]c(=O)n2Cc1ccccc1.Nc1nc2c(ccn2[C@@H]2O[C@H](CO)[C@@H](O)[C@H]2O)c(=O)[nH]1. The van der Waals surface area contributed by atoms with E-state index in [1.165, 1.54) is 31.2 Å². The van der Waals surface area contributed by atoms with Crippen LogP contribution in [0.1, 0.15) is 59.2 Å². The lowest BCUT2D eigenvalue weighted by Crippen LogP contribution is -2.44. The van der Waals surface area contributed by atoms with Crippen LogP contribution in [0, 0.1) is 12.8 Å². The molecule has 142 heavy (non-hydrogen) atoms. The molecule has 0 amide bonds. The molecule has 3 fully saturated rings. The zero-order chi connectivity index (χ0) is 102. The Hall–Kier alpha value is -14.7. The van der Waals surface area contributed by atoms with Gasteiger partial charge in [-0.05, 0) is 66.4 Å². The molecule has 5 aliphatic heterocycles. The highest BCUT2D eigenvalue weighted by atomic mass is 79.9. The molecule has 0 bridgehead atoms. The first-order valence-electron chi connectivity index (χ1n) is 43.7. The minimum Gasteiger partial charge on any atom is -0.463 e. The van der Waals surface area contributed by atoms with E-state index in [0.717, 1.165) is 73.6 Å². The van der Waals surface area contributed by atoms with Crippen LogP contribution in [0.4, 0.5) is 58.6 Å². The smallest absolute Gasteiger partial charge is 0.328 e. The molecule has 4 aromatic carbocycles. The number of hydrogen-bond donors (Lipinski definition) is 23. The number of benzene rings is 4. The van der Waals surface area contributed by atoms with E-state index >= 15 is 0 Å². The highest BCUT2D eigenvalue weighted by molar-refractivity contribution is 9.10. The lowest BCUT2D eigenvalue weighted by Gasteiger charge is -2.29. The second kappa shape index (κ2) is 44.4. The summed E-state index contributed by atoms with van der Waals surface area (Å²) < 4.78 is 29.2. The van der Waals surface area contributed by atoms with Gasteiger partial charge in [0.25, 0.3) is 22.2 Å². The first-order valence-corrected chi connectivity index (χ1v) is 45.3. The Morgan fingerprint density at radius 3 is 1.68 bits per heavy atom. The molecule has 752 valence electrons. The molecule has 16 heterocycles. The highest BCUT2D eigenvalue weighted by Crippen LogP contribution is 2.47. The summed E-state index contributed by atoms with van der Waals surface area (Å²) >= 11 is 4.26. The third kappa shape index (κ3) is 22.1. The van der Waals surface area contributed by atoms with Crippen molar-refractivity contribution in [2.24, 2.45) is 5.92 Å². The van der Waals surface area contributed by atoms with Gasteiger partial charge < -0.3 is 139 Å². The van der Waals surface area contributed by atoms with Crippen LogP contribution >= 0.6 is 27.7 Å². The number of aromatic nitrogens is 19. The lowest BCUT2D eigenvalue weighted by molar-refractivity contribution is -0.0508. The summed E-state index contributed by atoms with van der Waals surface area (Å²) in [6.45, 7) is 22.2.